The number of hydrazine groups is 1. The van der Waals surface area contributed by atoms with Gasteiger partial charge in [-0.2, -0.15) is 0 Å². The summed E-state index contributed by atoms with van der Waals surface area (Å²) in [5, 5.41) is 7.43. The number of hydrogen-bond acceptors (Lipinski definition) is 3. The van der Waals surface area contributed by atoms with Crippen molar-refractivity contribution in [3.8, 4) is 0 Å². The van der Waals surface area contributed by atoms with Gasteiger partial charge in [-0.15, -0.1) is 0 Å². The Labute approximate surface area is 85.1 Å². The third-order valence-corrected chi connectivity index (χ3v) is 3.69. The van der Waals surface area contributed by atoms with Crippen molar-refractivity contribution in [2.45, 2.75) is 44.1 Å². The molecule has 0 atom stereocenters. The van der Waals surface area contributed by atoms with E-state index in [1.54, 1.807) is 0 Å². The zero-order valence-corrected chi connectivity index (χ0v) is 8.60. The molecule has 1 saturated heterocycles. The van der Waals surface area contributed by atoms with E-state index in [0.29, 0.717) is 17.3 Å². The predicted molar refractivity (Wildman–Crippen MR) is 57.0 cm³/mol. The number of amidine groups is 1. The molecule has 1 saturated carbocycles. The molecule has 4 heteroatoms. The minimum absolute atomic E-state index is 0.310. The summed E-state index contributed by atoms with van der Waals surface area (Å²) in [5.41, 5.74) is 12.5. The molecule has 1 spiro atoms. The van der Waals surface area contributed by atoms with Gasteiger partial charge in [0.25, 0.3) is 0 Å². The van der Waals surface area contributed by atoms with Crippen LogP contribution in [0.5, 0.6) is 0 Å². The lowest BCUT2D eigenvalue weighted by Gasteiger charge is -2.43. The van der Waals surface area contributed by atoms with Gasteiger partial charge in [-0.3, -0.25) is 16.3 Å². The maximum atomic E-state index is 7.43. The van der Waals surface area contributed by atoms with E-state index in [-0.39, 0.29) is 0 Å². The quantitative estimate of drug-likeness (QED) is 0.369. The van der Waals surface area contributed by atoms with Gasteiger partial charge in [-0.05, 0) is 38.5 Å². The highest BCUT2D eigenvalue weighted by molar-refractivity contribution is 5.79. The fourth-order valence-electron chi connectivity index (χ4n) is 2.68. The molecular formula is C10H20N4. The van der Waals surface area contributed by atoms with Crippen LogP contribution in [0.3, 0.4) is 0 Å². The van der Waals surface area contributed by atoms with E-state index >= 15 is 0 Å². The van der Waals surface area contributed by atoms with Crippen LogP contribution in [0.25, 0.3) is 0 Å². The highest BCUT2D eigenvalue weighted by Gasteiger charge is 2.36. The van der Waals surface area contributed by atoms with Crippen LogP contribution < -0.4 is 16.6 Å². The molecule has 14 heavy (non-hydrogen) atoms. The van der Waals surface area contributed by atoms with Crippen LogP contribution in [-0.2, 0) is 0 Å². The van der Waals surface area contributed by atoms with E-state index < -0.39 is 0 Å². The predicted octanol–water partition coefficient (Wildman–Crippen LogP) is 0.739. The van der Waals surface area contributed by atoms with Crippen molar-refractivity contribution < 1.29 is 0 Å². The Kier molecular flexibility index (Phi) is 2.74. The monoisotopic (exact) mass is 196 g/mol. The molecule has 4 nitrogen and oxygen atoms in total. The van der Waals surface area contributed by atoms with Crippen molar-refractivity contribution in [3.05, 3.63) is 0 Å². The molecule has 1 heterocycles. The Balaban J connectivity index is 1.90. The van der Waals surface area contributed by atoms with Crippen molar-refractivity contribution in [2.75, 3.05) is 6.54 Å². The summed E-state index contributed by atoms with van der Waals surface area (Å²) >= 11 is 0. The zero-order valence-electron chi connectivity index (χ0n) is 8.60. The van der Waals surface area contributed by atoms with Crippen molar-refractivity contribution in [1.82, 2.24) is 10.9 Å². The molecule has 0 aromatic rings. The van der Waals surface area contributed by atoms with Crippen LogP contribution in [0, 0.1) is 11.3 Å². The van der Waals surface area contributed by atoms with Crippen molar-refractivity contribution in [2.24, 2.45) is 11.7 Å². The first kappa shape index (κ1) is 9.93. The fraction of sp³-hybridized carbons (Fsp3) is 0.900. The van der Waals surface area contributed by atoms with E-state index in [1.807, 2.05) is 0 Å². The van der Waals surface area contributed by atoms with E-state index in [4.69, 9.17) is 11.1 Å². The van der Waals surface area contributed by atoms with Crippen LogP contribution in [0.1, 0.15) is 38.5 Å². The van der Waals surface area contributed by atoms with Crippen molar-refractivity contribution in [1.29, 1.82) is 5.41 Å². The summed E-state index contributed by atoms with van der Waals surface area (Å²) in [4.78, 5) is 0. The Morgan fingerprint density at radius 3 is 2.50 bits per heavy atom. The van der Waals surface area contributed by atoms with Crippen LogP contribution in [0.15, 0.2) is 0 Å². The Morgan fingerprint density at radius 2 is 2.00 bits per heavy atom. The molecule has 0 bridgehead atoms. The fourth-order valence-corrected chi connectivity index (χ4v) is 2.68. The second-order valence-electron chi connectivity index (χ2n) is 4.67. The van der Waals surface area contributed by atoms with Gasteiger partial charge in [0.1, 0.15) is 0 Å². The summed E-state index contributed by atoms with van der Waals surface area (Å²) in [7, 11) is 0. The molecule has 0 aromatic carbocycles. The molecule has 1 aliphatic carbocycles. The molecule has 2 fully saturated rings. The summed E-state index contributed by atoms with van der Waals surface area (Å²) in [6.45, 7) is 1.08. The number of nitrogens with two attached hydrogens (primary N) is 1. The second kappa shape index (κ2) is 3.87. The van der Waals surface area contributed by atoms with Crippen LogP contribution in [0.4, 0.5) is 0 Å². The molecule has 2 rings (SSSR count). The van der Waals surface area contributed by atoms with E-state index in [2.05, 4.69) is 10.9 Å². The molecule has 5 N–H and O–H groups in total. The van der Waals surface area contributed by atoms with Gasteiger partial charge in [-0.25, -0.2) is 0 Å². The summed E-state index contributed by atoms with van der Waals surface area (Å²) in [5.74, 6) is 0.716. The Hall–Kier alpha value is -0.610. The summed E-state index contributed by atoms with van der Waals surface area (Å²) in [6.07, 6.45) is 6.99. The van der Waals surface area contributed by atoms with Gasteiger partial charge in [0.05, 0.1) is 5.84 Å². The first-order chi connectivity index (χ1) is 6.72. The number of nitrogens with one attached hydrogen (secondary N) is 3. The molecule has 1 aliphatic heterocycles. The van der Waals surface area contributed by atoms with Gasteiger partial charge >= 0.3 is 0 Å². The molecule has 2 aliphatic rings. The van der Waals surface area contributed by atoms with Gasteiger partial charge in [0, 0.05) is 18.0 Å². The van der Waals surface area contributed by atoms with E-state index in [9.17, 15) is 0 Å². The van der Waals surface area contributed by atoms with Crippen molar-refractivity contribution >= 4 is 5.84 Å². The average Bonchev–Trinajstić information content (AvgIpc) is 2.19. The Bertz CT molecular complexity index is 210. The zero-order chi connectivity index (χ0) is 10.0. The van der Waals surface area contributed by atoms with Crippen LogP contribution >= 0.6 is 0 Å². The molecule has 0 amide bonds. The second-order valence-corrected chi connectivity index (χ2v) is 4.67. The maximum absolute atomic E-state index is 7.43. The van der Waals surface area contributed by atoms with Crippen LogP contribution in [0.2, 0.25) is 0 Å². The molecule has 0 radical (unpaired) electrons. The summed E-state index contributed by atoms with van der Waals surface area (Å²) < 4.78 is 0. The molecule has 80 valence electrons. The third kappa shape index (κ3) is 1.91. The first-order valence-corrected chi connectivity index (χ1v) is 5.56. The molecular weight excluding hydrogens is 176 g/mol. The van der Waals surface area contributed by atoms with E-state index in [0.717, 1.165) is 32.2 Å². The lowest BCUT2D eigenvalue weighted by atomic mass is 9.73. The highest BCUT2D eigenvalue weighted by atomic mass is 15.4. The minimum atomic E-state index is 0.310. The summed E-state index contributed by atoms with van der Waals surface area (Å²) in [6, 6.07) is 0. The Morgan fingerprint density at radius 1 is 1.29 bits per heavy atom. The van der Waals surface area contributed by atoms with Gasteiger partial charge < -0.3 is 5.73 Å². The van der Waals surface area contributed by atoms with Crippen molar-refractivity contribution in [3.63, 3.8) is 0 Å². The maximum Gasteiger partial charge on any atom is 0.0936 e. The van der Waals surface area contributed by atoms with Crippen LogP contribution in [-0.4, -0.2) is 17.9 Å². The standard InChI is InChI=1S/C10H20N4/c11-9(12)8-2-5-10(6-3-8)4-1-7-13-14-10/h8,13-14H,1-7H2,(H3,11,12). The number of rotatable bonds is 1. The van der Waals surface area contributed by atoms with Gasteiger partial charge in [0.15, 0.2) is 0 Å². The average molecular weight is 196 g/mol. The first-order valence-electron chi connectivity index (χ1n) is 5.56. The van der Waals surface area contributed by atoms with E-state index in [1.165, 1.54) is 12.8 Å². The highest BCUT2D eigenvalue weighted by Crippen LogP contribution is 2.35. The van der Waals surface area contributed by atoms with Gasteiger partial charge in [0.2, 0.25) is 0 Å². The minimum Gasteiger partial charge on any atom is -0.387 e. The third-order valence-electron chi connectivity index (χ3n) is 3.69. The SMILES string of the molecule is N=C(N)C1CCC2(CCCNN2)CC1. The normalized spacial score (nSPS) is 38.4. The molecule has 0 unspecified atom stereocenters. The number of hydrogen-bond donors (Lipinski definition) is 4. The topological polar surface area (TPSA) is 73.9 Å². The smallest absolute Gasteiger partial charge is 0.0936 e. The largest absolute Gasteiger partial charge is 0.387 e. The lowest BCUT2D eigenvalue weighted by molar-refractivity contribution is 0.144. The lowest BCUT2D eigenvalue weighted by Crippen LogP contribution is -2.58. The molecule has 0 aromatic heterocycles. The van der Waals surface area contributed by atoms with Gasteiger partial charge in [-0.1, -0.05) is 0 Å².